The third kappa shape index (κ3) is 5.48. The maximum Gasteiger partial charge on any atom is 0.401 e. The van der Waals surface area contributed by atoms with Crippen molar-refractivity contribution in [3.05, 3.63) is 70.9 Å². The van der Waals surface area contributed by atoms with Gasteiger partial charge in [0, 0.05) is 16.3 Å². The van der Waals surface area contributed by atoms with Crippen LogP contribution in [0, 0.1) is 6.92 Å². The number of aromatic nitrogens is 2. The summed E-state index contributed by atoms with van der Waals surface area (Å²) >= 11 is 1.60. The molecule has 0 saturated heterocycles. The van der Waals surface area contributed by atoms with Crippen molar-refractivity contribution in [1.29, 1.82) is 0 Å². The number of thiophene rings is 1. The summed E-state index contributed by atoms with van der Waals surface area (Å²) in [5.74, 6) is 2.04. The van der Waals surface area contributed by atoms with Crippen LogP contribution in [0.4, 0.5) is 19.0 Å². The molecule has 0 fully saturated rings. The van der Waals surface area contributed by atoms with Gasteiger partial charge in [0.15, 0.2) is 0 Å². The van der Waals surface area contributed by atoms with E-state index < -0.39 is 12.7 Å². The minimum Gasteiger partial charge on any atom is -0.496 e. The van der Waals surface area contributed by atoms with Crippen molar-refractivity contribution in [1.82, 2.24) is 15.3 Å². The Morgan fingerprint density at radius 3 is 2.59 bits per heavy atom. The lowest BCUT2D eigenvalue weighted by atomic mass is 10.1. The third-order valence-electron chi connectivity index (χ3n) is 5.35. The van der Waals surface area contributed by atoms with E-state index in [4.69, 9.17) is 4.74 Å². The number of hydrogen-bond donors (Lipinski definition) is 2. The smallest absolute Gasteiger partial charge is 0.401 e. The van der Waals surface area contributed by atoms with Gasteiger partial charge in [0.2, 0.25) is 0 Å². The molecule has 9 heteroatoms. The lowest BCUT2D eigenvalue weighted by molar-refractivity contribution is -0.125. The Balaban J connectivity index is 1.57. The number of benzene rings is 2. The van der Waals surface area contributed by atoms with Gasteiger partial charge in [-0.25, -0.2) is 9.97 Å². The fourth-order valence-corrected chi connectivity index (χ4v) is 4.87. The molecule has 1 unspecified atom stereocenters. The Morgan fingerprint density at radius 2 is 1.82 bits per heavy atom. The number of alkyl halides is 3. The molecule has 5 nitrogen and oxygen atoms in total. The van der Waals surface area contributed by atoms with Crippen molar-refractivity contribution in [3.63, 3.8) is 0 Å². The third-order valence-corrected chi connectivity index (χ3v) is 6.65. The van der Waals surface area contributed by atoms with E-state index in [1.807, 2.05) is 68.4 Å². The molecule has 2 aromatic carbocycles. The summed E-state index contributed by atoms with van der Waals surface area (Å²) in [5, 5.41) is 6.80. The molecule has 0 aliphatic carbocycles. The summed E-state index contributed by atoms with van der Waals surface area (Å²) in [6.45, 7) is 3.02. The molecular weight excluding hydrogens is 461 g/mol. The Kier molecular flexibility index (Phi) is 7.04. The van der Waals surface area contributed by atoms with Gasteiger partial charge in [0.25, 0.3) is 0 Å². The number of hydrogen-bond acceptors (Lipinski definition) is 6. The zero-order chi connectivity index (χ0) is 24.3. The second kappa shape index (κ2) is 9.99. The Morgan fingerprint density at radius 1 is 1.03 bits per heavy atom. The molecule has 2 N–H and O–H groups in total. The van der Waals surface area contributed by atoms with Crippen molar-refractivity contribution in [2.24, 2.45) is 0 Å². The number of fused-ring (bicyclic) bond motifs is 1. The van der Waals surface area contributed by atoms with Crippen LogP contribution in [0.25, 0.3) is 21.3 Å². The van der Waals surface area contributed by atoms with Gasteiger partial charge >= 0.3 is 6.18 Å². The number of anilines is 1. The molecule has 0 amide bonds. The number of ether oxygens (including phenoxy) is 1. The van der Waals surface area contributed by atoms with Crippen LogP contribution in [0.2, 0.25) is 0 Å². The zero-order valence-corrected chi connectivity index (χ0v) is 19.8. The predicted molar refractivity (Wildman–Crippen MR) is 130 cm³/mol. The first kappa shape index (κ1) is 24.0. The zero-order valence-electron chi connectivity index (χ0n) is 19.0. The monoisotopic (exact) mass is 486 g/mol. The van der Waals surface area contributed by atoms with Crippen molar-refractivity contribution in [2.75, 3.05) is 19.0 Å². The fourth-order valence-electron chi connectivity index (χ4n) is 3.80. The highest BCUT2D eigenvalue weighted by atomic mass is 32.1. The second-order valence-electron chi connectivity index (χ2n) is 7.92. The molecule has 4 aromatic rings. The molecule has 0 radical (unpaired) electrons. The Labute approximate surface area is 200 Å². The van der Waals surface area contributed by atoms with Gasteiger partial charge < -0.3 is 15.4 Å². The minimum absolute atomic E-state index is 0.0586. The number of methoxy groups -OCH3 is 1. The van der Waals surface area contributed by atoms with E-state index in [9.17, 15) is 13.2 Å². The highest BCUT2D eigenvalue weighted by molar-refractivity contribution is 7.15. The van der Waals surface area contributed by atoms with Crippen molar-refractivity contribution < 1.29 is 17.9 Å². The molecule has 2 aromatic heterocycles. The summed E-state index contributed by atoms with van der Waals surface area (Å²) in [6, 6.07) is 17.2. The number of halogens is 3. The molecular formula is C25H25F3N4OS. The molecule has 0 bridgehead atoms. The van der Waals surface area contributed by atoms with Gasteiger partial charge in [-0.05, 0) is 49.2 Å². The van der Waals surface area contributed by atoms with Gasteiger partial charge in [-0.15, -0.1) is 11.3 Å². The highest BCUT2D eigenvalue weighted by Gasteiger charge is 2.26. The molecule has 0 spiro atoms. The largest absolute Gasteiger partial charge is 0.496 e. The van der Waals surface area contributed by atoms with Crippen LogP contribution in [0.3, 0.4) is 0 Å². The van der Waals surface area contributed by atoms with Crippen LogP contribution in [-0.2, 0) is 6.54 Å². The van der Waals surface area contributed by atoms with Gasteiger partial charge in [-0.3, -0.25) is 0 Å². The van der Waals surface area contributed by atoms with E-state index in [0.29, 0.717) is 17.4 Å². The minimum atomic E-state index is -4.24. The Hall–Kier alpha value is -3.17. The maximum atomic E-state index is 12.5. The van der Waals surface area contributed by atoms with E-state index in [1.54, 1.807) is 18.4 Å². The Bertz CT molecular complexity index is 1290. The lowest BCUT2D eigenvalue weighted by Gasteiger charge is -2.16. The molecule has 0 aliphatic rings. The molecule has 34 heavy (non-hydrogen) atoms. The summed E-state index contributed by atoms with van der Waals surface area (Å²) < 4.78 is 43.1. The van der Waals surface area contributed by atoms with Crippen LogP contribution in [0.5, 0.6) is 5.75 Å². The van der Waals surface area contributed by atoms with Crippen LogP contribution in [0.15, 0.2) is 54.6 Å². The first-order valence-electron chi connectivity index (χ1n) is 10.8. The maximum absolute atomic E-state index is 12.5. The summed E-state index contributed by atoms with van der Waals surface area (Å²) in [4.78, 5) is 11.2. The summed E-state index contributed by atoms with van der Waals surface area (Å²) in [7, 11) is 1.62. The van der Waals surface area contributed by atoms with E-state index in [0.717, 1.165) is 31.8 Å². The average Bonchev–Trinajstić information content (AvgIpc) is 3.28. The lowest BCUT2D eigenvalue weighted by Crippen LogP contribution is -2.28. The standard InChI is InChI=1S/C25H25F3N4OS/c1-15(30-24-23-19(31-16(2)32-24)9-6-10-20(23)33-3)21-11-12-22(34-21)18-8-5-4-7-17(18)13-29-14-25(26,27)28/h4-12,15,29H,13-14H2,1-3H3,(H,30,31,32). The highest BCUT2D eigenvalue weighted by Crippen LogP contribution is 2.36. The second-order valence-corrected chi connectivity index (χ2v) is 9.03. The first-order valence-corrected chi connectivity index (χ1v) is 11.6. The molecule has 2 heterocycles. The predicted octanol–water partition coefficient (Wildman–Crippen LogP) is 6.50. The van der Waals surface area contributed by atoms with Gasteiger partial charge in [-0.1, -0.05) is 30.3 Å². The van der Waals surface area contributed by atoms with Gasteiger partial charge in [0.05, 0.1) is 30.6 Å². The van der Waals surface area contributed by atoms with Crippen LogP contribution < -0.4 is 15.4 Å². The SMILES string of the molecule is COc1cccc2nc(C)nc(NC(C)c3ccc(-c4ccccc4CNCC(F)(F)F)s3)c12. The van der Waals surface area contributed by atoms with Crippen LogP contribution in [-0.4, -0.2) is 29.8 Å². The molecule has 1 atom stereocenters. The first-order chi connectivity index (χ1) is 16.2. The molecule has 178 valence electrons. The molecule has 0 aliphatic heterocycles. The molecule has 4 rings (SSSR count). The van der Waals surface area contributed by atoms with Crippen LogP contribution >= 0.6 is 11.3 Å². The van der Waals surface area contributed by atoms with Crippen molar-refractivity contribution in [2.45, 2.75) is 32.6 Å². The number of nitrogens with one attached hydrogen (secondary N) is 2. The average molecular weight is 487 g/mol. The number of aryl methyl sites for hydroxylation is 1. The summed E-state index contributed by atoms with van der Waals surface area (Å²) in [5.41, 5.74) is 2.54. The van der Waals surface area contributed by atoms with E-state index in [2.05, 4.69) is 20.6 Å². The normalized spacial score (nSPS) is 12.6. The number of nitrogens with zero attached hydrogens (tertiary/aromatic N) is 2. The van der Waals surface area contributed by atoms with E-state index in [-0.39, 0.29) is 12.6 Å². The van der Waals surface area contributed by atoms with Gasteiger partial charge in [0.1, 0.15) is 17.4 Å². The topological polar surface area (TPSA) is 59.1 Å². The quantitative estimate of drug-likeness (QED) is 0.298. The van der Waals surface area contributed by atoms with E-state index >= 15 is 0 Å². The fraction of sp³-hybridized carbons (Fsp3) is 0.280. The number of rotatable bonds is 8. The van der Waals surface area contributed by atoms with Crippen molar-refractivity contribution >= 4 is 28.1 Å². The van der Waals surface area contributed by atoms with Crippen molar-refractivity contribution in [3.8, 4) is 16.2 Å². The van der Waals surface area contributed by atoms with Crippen LogP contribution in [0.1, 0.15) is 29.2 Å². The van der Waals surface area contributed by atoms with E-state index in [1.165, 1.54) is 0 Å². The molecule has 0 saturated carbocycles. The van der Waals surface area contributed by atoms with Gasteiger partial charge in [-0.2, -0.15) is 13.2 Å². The summed E-state index contributed by atoms with van der Waals surface area (Å²) in [6.07, 6.45) is -4.24.